The summed E-state index contributed by atoms with van der Waals surface area (Å²) in [7, 11) is 0. The minimum Gasteiger partial charge on any atom is -0.467 e. The quantitative estimate of drug-likeness (QED) is 0.261. The number of carbonyl (C=O) groups excluding carboxylic acids is 1. The van der Waals surface area contributed by atoms with Crippen LogP contribution in [0.4, 0.5) is 0 Å². The number of thioether (sulfide) groups is 1. The molecule has 1 aliphatic rings. The standard InChI is InChI=1S/C26H24N6O2S/c1-3-14-31-25(20-10-12-27-13-11-20)28-29-26(31)35-17-24(33)32-22(23-5-4-15-34-23)16-21(30-32)19-8-6-18(2)7-9-19/h3-13,15,22H,1,14,16-17H2,2H3/t22-/m0/s1. The topological polar surface area (TPSA) is 89.4 Å². The van der Waals surface area contributed by atoms with Crippen molar-refractivity contribution in [2.24, 2.45) is 5.10 Å². The molecular weight excluding hydrogens is 460 g/mol. The lowest BCUT2D eigenvalue weighted by molar-refractivity contribution is -0.130. The van der Waals surface area contributed by atoms with Gasteiger partial charge in [0.05, 0.1) is 17.7 Å². The molecule has 8 nitrogen and oxygen atoms in total. The number of pyridine rings is 1. The first-order valence-corrected chi connectivity index (χ1v) is 12.2. The monoisotopic (exact) mass is 484 g/mol. The van der Waals surface area contributed by atoms with Gasteiger partial charge in [0.15, 0.2) is 11.0 Å². The van der Waals surface area contributed by atoms with Crippen molar-refractivity contribution in [2.75, 3.05) is 5.75 Å². The number of hydrogen-bond acceptors (Lipinski definition) is 7. The summed E-state index contributed by atoms with van der Waals surface area (Å²) in [5.41, 5.74) is 3.94. The molecule has 0 saturated carbocycles. The van der Waals surface area contributed by atoms with Gasteiger partial charge in [-0.2, -0.15) is 5.10 Å². The van der Waals surface area contributed by atoms with Crippen LogP contribution in [0.25, 0.3) is 11.4 Å². The molecule has 4 aromatic rings. The normalized spacial score (nSPS) is 15.3. The zero-order valence-corrected chi connectivity index (χ0v) is 20.1. The number of rotatable bonds is 8. The summed E-state index contributed by atoms with van der Waals surface area (Å²) in [6.45, 7) is 6.42. The SMILES string of the molecule is C=CCn1c(SCC(=O)N2N=C(c3ccc(C)cc3)C[C@H]2c2ccco2)nnc1-c1ccncc1. The average Bonchev–Trinajstić information content (AvgIpc) is 3.64. The van der Waals surface area contributed by atoms with Crippen LogP contribution < -0.4 is 0 Å². The van der Waals surface area contributed by atoms with E-state index in [0.717, 1.165) is 16.8 Å². The van der Waals surface area contributed by atoms with Crippen LogP contribution >= 0.6 is 11.8 Å². The number of aryl methyl sites for hydroxylation is 1. The molecule has 0 bridgehead atoms. The van der Waals surface area contributed by atoms with E-state index in [1.807, 2.05) is 60.0 Å². The van der Waals surface area contributed by atoms with Gasteiger partial charge in [-0.15, -0.1) is 16.8 Å². The van der Waals surface area contributed by atoms with Crippen LogP contribution in [0.5, 0.6) is 0 Å². The Morgan fingerprint density at radius 2 is 1.94 bits per heavy atom. The Kier molecular flexibility index (Phi) is 6.58. The molecule has 0 radical (unpaired) electrons. The highest BCUT2D eigenvalue weighted by Crippen LogP contribution is 2.34. The Bertz CT molecular complexity index is 1350. The van der Waals surface area contributed by atoms with Crippen LogP contribution in [0.3, 0.4) is 0 Å². The molecule has 1 aromatic carbocycles. The Morgan fingerprint density at radius 1 is 1.14 bits per heavy atom. The molecule has 0 unspecified atom stereocenters. The maximum absolute atomic E-state index is 13.4. The molecule has 3 aromatic heterocycles. The van der Waals surface area contributed by atoms with Crippen molar-refractivity contribution >= 4 is 23.4 Å². The molecular formula is C26H24N6O2S. The highest BCUT2D eigenvalue weighted by atomic mass is 32.2. The lowest BCUT2D eigenvalue weighted by Crippen LogP contribution is -2.28. The lowest BCUT2D eigenvalue weighted by atomic mass is 10.0. The summed E-state index contributed by atoms with van der Waals surface area (Å²) >= 11 is 1.33. The first-order valence-electron chi connectivity index (χ1n) is 11.2. The molecule has 176 valence electrons. The van der Waals surface area contributed by atoms with Gasteiger partial charge in [-0.05, 0) is 36.8 Å². The fourth-order valence-corrected chi connectivity index (χ4v) is 4.76. The predicted octanol–water partition coefficient (Wildman–Crippen LogP) is 4.90. The predicted molar refractivity (Wildman–Crippen MR) is 135 cm³/mol. The Morgan fingerprint density at radius 3 is 2.66 bits per heavy atom. The third-order valence-electron chi connectivity index (χ3n) is 5.71. The number of benzene rings is 1. The van der Waals surface area contributed by atoms with Crippen molar-refractivity contribution in [2.45, 2.75) is 31.1 Å². The fourth-order valence-electron chi connectivity index (χ4n) is 3.96. The van der Waals surface area contributed by atoms with Crippen molar-refractivity contribution in [3.8, 4) is 11.4 Å². The first-order chi connectivity index (χ1) is 17.1. The minimum atomic E-state index is -0.284. The van der Waals surface area contributed by atoms with Crippen molar-refractivity contribution in [3.05, 3.63) is 96.7 Å². The maximum Gasteiger partial charge on any atom is 0.253 e. The van der Waals surface area contributed by atoms with Crippen LogP contribution in [-0.2, 0) is 11.3 Å². The van der Waals surface area contributed by atoms with Gasteiger partial charge < -0.3 is 4.42 Å². The highest BCUT2D eigenvalue weighted by Gasteiger charge is 2.35. The first kappa shape index (κ1) is 22.8. The Hall–Kier alpha value is -3.98. The van der Waals surface area contributed by atoms with Crippen LogP contribution in [-0.4, -0.2) is 42.1 Å². The third-order valence-corrected chi connectivity index (χ3v) is 6.67. The van der Waals surface area contributed by atoms with Gasteiger partial charge in [0.25, 0.3) is 5.91 Å². The summed E-state index contributed by atoms with van der Waals surface area (Å²) in [5.74, 6) is 1.45. The van der Waals surface area contributed by atoms with Gasteiger partial charge in [0.1, 0.15) is 11.8 Å². The van der Waals surface area contributed by atoms with Crippen molar-refractivity contribution in [1.29, 1.82) is 0 Å². The molecule has 9 heteroatoms. The average molecular weight is 485 g/mol. The molecule has 0 saturated heterocycles. The van der Waals surface area contributed by atoms with Crippen LogP contribution in [0.2, 0.25) is 0 Å². The van der Waals surface area contributed by atoms with Crippen LogP contribution in [0.1, 0.15) is 29.3 Å². The summed E-state index contributed by atoms with van der Waals surface area (Å²) in [5, 5.41) is 15.6. The number of hydrazone groups is 1. The lowest BCUT2D eigenvalue weighted by Gasteiger charge is -2.19. The summed E-state index contributed by atoms with van der Waals surface area (Å²) in [6.07, 6.45) is 7.42. The van der Waals surface area contributed by atoms with Gasteiger partial charge in [-0.1, -0.05) is 47.7 Å². The zero-order valence-electron chi connectivity index (χ0n) is 19.2. The Balaban J connectivity index is 1.37. The number of aromatic nitrogens is 4. The zero-order chi connectivity index (χ0) is 24.2. The van der Waals surface area contributed by atoms with Gasteiger partial charge in [-0.3, -0.25) is 14.3 Å². The van der Waals surface area contributed by atoms with Crippen molar-refractivity contribution < 1.29 is 9.21 Å². The summed E-state index contributed by atoms with van der Waals surface area (Å²) in [6, 6.07) is 15.4. The number of furan rings is 1. The maximum atomic E-state index is 13.4. The van der Waals surface area contributed by atoms with Crippen molar-refractivity contribution in [1.82, 2.24) is 24.8 Å². The molecule has 1 amide bonds. The van der Waals surface area contributed by atoms with Gasteiger partial charge >= 0.3 is 0 Å². The van der Waals surface area contributed by atoms with Crippen LogP contribution in [0.15, 0.2) is 94.5 Å². The largest absolute Gasteiger partial charge is 0.467 e. The van der Waals surface area contributed by atoms with E-state index >= 15 is 0 Å². The Labute approximate surface area is 207 Å². The van der Waals surface area contributed by atoms with E-state index in [2.05, 4.69) is 21.8 Å². The number of nitrogens with zero attached hydrogens (tertiary/aromatic N) is 6. The molecule has 0 aliphatic carbocycles. The third kappa shape index (κ3) is 4.81. The van der Waals surface area contributed by atoms with E-state index < -0.39 is 0 Å². The molecule has 0 N–H and O–H groups in total. The van der Waals surface area contributed by atoms with E-state index in [1.54, 1.807) is 29.7 Å². The van der Waals surface area contributed by atoms with Crippen molar-refractivity contribution in [3.63, 3.8) is 0 Å². The van der Waals surface area contributed by atoms with Gasteiger partial charge in [-0.25, -0.2) is 5.01 Å². The molecule has 4 heterocycles. The second kappa shape index (κ2) is 10.1. The van der Waals surface area contributed by atoms with Crippen LogP contribution in [0, 0.1) is 6.92 Å². The second-order valence-corrected chi connectivity index (χ2v) is 9.06. The molecule has 35 heavy (non-hydrogen) atoms. The molecule has 0 fully saturated rings. The van der Waals surface area contributed by atoms with E-state index in [0.29, 0.717) is 29.7 Å². The number of hydrogen-bond donors (Lipinski definition) is 0. The summed E-state index contributed by atoms with van der Waals surface area (Å²) in [4.78, 5) is 17.4. The number of amides is 1. The second-order valence-electron chi connectivity index (χ2n) is 8.12. The van der Waals surface area contributed by atoms with E-state index in [1.165, 1.54) is 17.3 Å². The number of carbonyl (C=O) groups is 1. The van der Waals surface area contributed by atoms with E-state index in [4.69, 9.17) is 9.52 Å². The molecule has 1 atom stereocenters. The molecule has 5 rings (SSSR count). The van der Waals surface area contributed by atoms with E-state index in [-0.39, 0.29) is 17.7 Å². The smallest absolute Gasteiger partial charge is 0.253 e. The highest BCUT2D eigenvalue weighted by molar-refractivity contribution is 7.99. The molecule has 0 spiro atoms. The fraction of sp³-hybridized carbons (Fsp3) is 0.192. The minimum absolute atomic E-state index is 0.128. The van der Waals surface area contributed by atoms with E-state index in [9.17, 15) is 4.79 Å². The number of allylic oxidation sites excluding steroid dienone is 1. The van der Waals surface area contributed by atoms with Gasteiger partial charge in [0, 0.05) is 30.9 Å². The van der Waals surface area contributed by atoms with Gasteiger partial charge in [0.2, 0.25) is 0 Å². The molecule has 1 aliphatic heterocycles. The summed E-state index contributed by atoms with van der Waals surface area (Å²) < 4.78 is 7.59.